The van der Waals surface area contributed by atoms with Crippen molar-refractivity contribution >= 4 is 11.7 Å². The van der Waals surface area contributed by atoms with Crippen molar-refractivity contribution in [2.45, 2.75) is 20.3 Å². The lowest BCUT2D eigenvalue weighted by Crippen LogP contribution is -2.20. The summed E-state index contributed by atoms with van der Waals surface area (Å²) >= 11 is 0. The lowest BCUT2D eigenvalue weighted by atomic mass is 10.2. The van der Waals surface area contributed by atoms with Crippen molar-refractivity contribution in [1.29, 1.82) is 0 Å². The van der Waals surface area contributed by atoms with Crippen LogP contribution in [0, 0.1) is 18.8 Å². The second kappa shape index (κ2) is 5.76. The van der Waals surface area contributed by atoms with Gasteiger partial charge in [0.2, 0.25) is 5.91 Å². The third-order valence-corrected chi connectivity index (χ3v) is 1.98. The highest BCUT2D eigenvalue weighted by molar-refractivity contribution is 5.72. The fraction of sp³-hybridized carbons (Fsp3) is 0.333. The molecule has 0 aliphatic rings. The van der Waals surface area contributed by atoms with Crippen LogP contribution in [0.25, 0.3) is 0 Å². The second-order valence-corrected chi connectivity index (χ2v) is 3.46. The van der Waals surface area contributed by atoms with Crippen LogP contribution >= 0.6 is 0 Å². The number of aromatic nitrogens is 1. The zero-order valence-electron chi connectivity index (χ0n) is 9.50. The molecule has 0 aromatic carbocycles. The number of nitrogens with two attached hydrogens (primary N) is 1. The zero-order chi connectivity index (χ0) is 12.0. The number of carbonyl (C=O) groups is 1. The monoisotopic (exact) mass is 217 g/mol. The minimum Gasteiger partial charge on any atom is -0.383 e. The van der Waals surface area contributed by atoms with Gasteiger partial charge in [0.05, 0.1) is 0 Å². The SMILES string of the molecule is CC(=O)NCCC#Cc1cnc(N)c(C)c1. The van der Waals surface area contributed by atoms with E-state index in [1.807, 2.05) is 13.0 Å². The molecule has 3 N–H and O–H groups in total. The van der Waals surface area contributed by atoms with Crippen molar-refractivity contribution < 1.29 is 4.79 Å². The Morgan fingerprint density at radius 1 is 1.62 bits per heavy atom. The van der Waals surface area contributed by atoms with Gasteiger partial charge in [0.1, 0.15) is 5.82 Å². The molecule has 84 valence electrons. The maximum absolute atomic E-state index is 10.6. The van der Waals surface area contributed by atoms with E-state index in [2.05, 4.69) is 22.1 Å². The summed E-state index contributed by atoms with van der Waals surface area (Å²) < 4.78 is 0. The molecule has 1 aromatic heterocycles. The molecule has 4 nitrogen and oxygen atoms in total. The fourth-order valence-electron chi connectivity index (χ4n) is 1.12. The number of carbonyl (C=O) groups excluding carboxylic acids is 1. The van der Waals surface area contributed by atoms with Crippen LogP contribution in [-0.4, -0.2) is 17.4 Å². The molecule has 1 rings (SSSR count). The number of rotatable bonds is 2. The van der Waals surface area contributed by atoms with Crippen LogP contribution in [0.3, 0.4) is 0 Å². The molecule has 0 radical (unpaired) electrons. The first-order valence-electron chi connectivity index (χ1n) is 5.05. The van der Waals surface area contributed by atoms with Crippen LogP contribution in [0.5, 0.6) is 0 Å². The molecule has 1 amide bonds. The van der Waals surface area contributed by atoms with E-state index in [1.165, 1.54) is 6.92 Å². The number of nitrogens with one attached hydrogen (secondary N) is 1. The lowest BCUT2D eigenvalue weighted by Gasteiger charge is -1.98. The topological polar surface area (TPSA) is 68.0 Å². The summed E-state index contributed by atoms with van der Waals surface area (Å²) in [6.07, 6.45) is 2.27. The quantitative estimate of drug-likeness (QED) is 0.570. The molecule has 0 bridgehead atoms. The van der Waals surface area contributed by atoms with Gasteiger partial charge < -0.3 is 11.1 Å². The smallest absolute Gasteiger partial charge is 0.216 e. The third-order valence-electron chi connectivity index (χ3n) is 1.98. The summed E-state index contributed by atoms with van der Waals surface area (Å²) in [5, 5.41) is 2.68. The minimum atomic E-state index is -0.0354. The van der Waals surface area contributed by atoms with Crippen molar-refractivity contribution in [3.05, 3.63) is 23.4 Å². The van der Waals surface area contributed by atoms with Gasteiger partial charge in [-0.2, -0.15) is 0 Å². The number of hydrogen-bond donors (Lipinski definition) is 2. The molecule has 0 saturated heterocycles. The lowest BCUT2D eigenvalue weighted by molar-refractivity contribution is -0.118. The highest BCUT2D eigenvalue weighted by Crippen LogP contribution is 2.07. The van der Waals surface area contributed by atoms with Crippen molar-refractivity contribution in [3.8, 4) is 11.8 Å². The maximum atomic E-state index is 10.6. The Labute approximate surface area is 95.3 Å². The standard InChI is InChI=1S/C12H15N3O/c1-9-7-11(8-15-12(9)13)5-3-4-6-14-10(2)16/h7-8H,4,6H2,1-2H3,(H2,13,15)(H,14,16). The number of anilines is 1. The predicted molar refractivity (Wildman–Crippen MR) is 63.6 cm³/mol. The molecular weight excluding hydrogens is 202 g/mol. The van der Waals surface area contributed by atoms with E-state index in [-0.39, 0.29) is 5.91 Å². The molecule has 4 heteroatoms. The van der Waals surface area contributed by atoms with Crippen LogP contribution < -0.4 is 11.1 Å². The zero-order valence-corrected chi connectivity index (χ0v) is 9.50. The Hall–Kier alpha value is -2.02. The van der Waals surface area contributed by atoms with Gasteiger partial charge in [-0.1, -0.05) is 11.8 Å². The Balaban J connectivity index is 2.50. The van der Waals surface area contributed by atoms with Crippen molar-refractivity contribution in [3.63, 3.8) is 0 Å². The first-order chi connectivity index (χ1) is 7.59. The number of amides is 1. The normalized spacial score (nSPS) is 9.12. The van der Waals surface area contributed by atoms with E-state index in [0.29, 0.717) is 18.8 Å². The summed E-state index contributed by atoms with van der Waals surface area (Å²) in [5.74, 6) is 6.42. The number of nitrogens with zero attached hydrogens (tertiary/aromatic N) is 1. The van der Waals surface area contributed by atoms with E-state index in [0.717, 1.165) is 11.1 Å². The average Bonchev–Trinajstić information content (AvgIpc) is 2.22. The Bertz CT molecular complexity index is 443. The Morgan fingerprint density at radius 3 is 3.00 bits per heavy atom. The van der Waals surface area contributed by atoms with Gasteiger partial charge in [-0.3, -0.25) is 4.79 Å². The first kappa shape index (κ1) is 12.1. The average molecular weight is 217 g/mol. The van der Waals surface area contributed by atoms with Crippen molar-refractivity contribution in [2.75, 3.05) is 12.3 Å². The molecule has 0 aliphatic heterocycles. The van der Waals surface area contributed by atoms with Gasteiger partial charge >= 0.3 is 0 Å². The number of hydrogen-bond acceptors (Lipinski definition) is 3. The summed E-state index contributed by atoms with van der Waals surface area (Å²) in [6, 6.07) is 1.90. The summed E-state index contributed by atoms with van der Waals surface area (Å²) in [7, 11) is 0. The molecule has 0 unspecified atom stereocenters. The largest absolute Gasteiger partial charge is 0.383 e. The number of nitrogen functional groups attached to an aromatic ring is 1. The summed E-state index contributed by atoms with van der Waals surface area (Å²) in [5.41, 5.74) is 7.36. The summed E-state index contributed by atoms with van der Waals surface area (Å²) in [6.45, 7) is 3.95. The highest BCUT2D eigenvalue weighted by Gasteiger charge is 1.94. The predicted octanol–water partition coefficient (Wildman–Crippen LogP) is 0.850. The molecular formula is C12H15N3O. The number of pyridine rings is 1. The van der Waals surface area contributed by atoms with Crippen molar-refractivity contribution in [2.24, 2.45) is 0 Å². The van der Waals surface area contributed by atoms with Gasteiger partial charge in [-0.15, -0.1) is 0 Å². The summed E-state index contributed by atoms with van der Waals surface area (Å²) in [4.78, 5) is 14.6. The van der Waals surface area contributed by atoms with Gasteiger partial charge in [-0.05, 0) is 18.6 Å². The number of aryl methyl sites for hydroxylation is 1. The maximum Gasteiger partial charge on any atom is 0.216 e. The Morgan fingerprint density at radius 2 is 2.38 bits per heavy atom. The first-order valence-corrected chi connectivity index (χ1v) is 5.05. The minimum absolute atomic E-state index is 0.0354. The van der Waals surface area contributed by atoms with Gasteiger partial charge in [0, 0.05) is 31.6 Å². The molecule has 0 saturated carbocycles. The van der Waals surface area contributed by atoms with Gasteiger partial charge in [-0.25, -0.2) is 4.98 Å². The van der Waals surface area contributed by atoms with Crippen LogP contribution in [0.2, 0.25) is 0 Å². The molecule has 1 heterocycles. The van der Waals surface area contributed by atoms with E-state index < -0.39 is 0 Å². The van der Waals surface area contributed by atoms with E-state index in [9.17, 15) is 4.79 Å². The van der Waals surface area contributed by atoms with Gasteiger partial charge in [0.15, 0.2) is 0 Å². The second-order valence-electron chi connectivity index (χ2n) is 3.46. The highest BCUT2D eigenvalue weighted by atomic mass is 16.1. The molecule has 1 aromatic rings. The van der Waals surface area contributed by atoms with Crippen LogP contribution in [0.1, 0.15) is 24.5 Å². The third kappa shape index (κ3) is 4.01. The molecule has 0 aliphatic carbocycles. The fourth-order valence-corrected chi connectivity index (χ4v) is 1.12. The van der Waals surface area contributed by atoms with E-state index in [4.69, 9.17) is 5.73 Å². The van der Waals surface area contributed by atoms with Crippen LogP contribution in [0.15, 0.2) is 12.3 Å². The van der Waals surface area contributed by atoms with Crippen molar-refractivity contribution in [1.82, 2.24) is 10.3 Å². The Kier molecular flexibility index (Phi) is 4.34. The molecule has 0 spiro atoms. The molecule has 0 atom stereocenters. The van der Waals surface area contributed by atoms with Gasteiger partial charge in [0.25, 0.3) is 0 Å². The van der Waals surface area contributed by atoms with Crippen LogP contribution in [-0.2, 0) is 4.79 Å². The molecule has 16 heavy (non-hydrogen) atoms. The van der Waals surface area contributed by atoms with Crippen LogP contribution in [0.4, 0.5) is 5.82 Å². The van der Waals surface area contributed by atoms with E-state index >= 15 is 0 Å². The molecule has 0 fully saturated rings. The van der Waals surface area contributed by atoms with E-state index in [1.54, 1.807) is 6.20 Å².